The number of ether oxygens (including phenoxy) is 2. The van der Waals surface area contributed by atoms with Gasteiger partial charge in [0.25, 0.3) is 0 Å². The van der Waals surface area contributed by atoms with Gasteiger partial charge < -0.3 is 20.1 Å². The van der Waals surface area contributed by atoms with E-state index < -0.39 is 0 Å². The van der Waals surface area contributed by atoms with Gasteiger partial charge in [0.15, 0.2) is 0 Å². The summed E-state index contributed by atoms with van der Waals surface area (Å²) in [5, 5.41) is 7.11. The molecule has 2 aromatic rings. The second-order valence-electron chi connectivity index (χ2n) is 10.3. The number of hydrogen-bond donors (Lipinski definition) is 2. The van der Waals surface area contributed by atoms with E-state index in [0.717, 1.165) is 75.3 Å². The number of thioether (sulfide) groups is 1. The van der Waals surface area contributed by atoms with Crippen LogP contribution < -0.4 is 10.6 Å². The maximum absolute atomic E-state index is 12.8. The lowest BCUT2D eigenvalue weighted by molar-refractivity contribution is -0.116. The van der Waals surface area contributed by atoms with Crippen molar-refractivity contribution in [1.82, 2.24) is 0 Å². The van der Waals surface area contributed by atoms with E-state index in [2.05, 4.69) is 10.6 Å². The van der Waals surface area contributed by atoms with Crippen LogP contribution in [0, 0.1) is 0 Å². The number of anilines is 2. The molecular weight excluding hydrogens is 581 g/mol. The van der Waals surface area contributed by atoms with Gasteiger partial charge in [-0.1, -0.05) is 13.8 Å². The highest BCUT2D eigenvalue weighted by atomic mass is 32.2. The van der Waals surface area contributed by atoms with Crippen LogP contribution in [0.5, 0.6) is 0 Å². The van der Waals surface area contributed by atoms with Crippen molar-refractivity contribution >= 4 is 68.2 Å². The van der Waals surface area contributed by atoms with E-state index in [1.54, 1.807) is 0 Å². The highest BCUT2D eigenvalue weighted by Crippen LogP contribution is 2.40. The molecule has 0 aliphatic heterocycles. The standard InChI is InChI=1S/C30H40N2O6S3/c1-3-15-37-29(35)25-19-9-5-7-11-21(19)40-27(25)31-23(33)13-17-39-18-14-24(34)32-28-26(30(36)38-16-4-2)20-10-6-8-12-22(20)41-28/h3-18H2,1-2H3,(H,31,33)(H,32,34). The van der Waals surface area contributed by atoms with E-state index in [9.17, 15) is 19.2 Å². The first-order valence-corrected chi connectivity index (χ1v) is 17.5. The van der Waals surface area contributed by atoms with Crippen molar-refractivity contribution in [2.24, 2.45) is 0 Å². The van der Waals surface area contributed by atoms with Crippen LogP contribution >= 0.6 is 34.4 Å². The summed E-state index contributed by atoms with van der Waals surface area (Å²) >= 11 is 4.52. The molecule has 0 saturated carbocycles. The minimum absolute atomic E-state index is 0.149. The van der Waals surface area contributed by atoms with Crippen molar-refractivity contribution < 1.29 is 28.7 Å². The Kier molecular flexibility index (Phi) is 12.1. The van der Waals surface area contributed by atoms with Gasteiger partial charge in [0.1, 0.15) is 10.0 Å². The summed E-state index contributed by atoms with van der Waals surface area (Å²) in [4.78, 5) is 53.3. The van der Waals surface area contributed by atoms with Crippen molar-refractivity contribution in [3.8, 4) is 0 Å². The zero-order chi connectivity index (χ0) is 29.2. The molecule has 2 N–H and O–H groups in total. The molecule has 2 aliphatic carbocycles. The van der Waals surface area contributed by atoms with Crippen LogP contribution in [0.25, 0.3) is 0 Å². The molecular formula is C30H40N2O6S3. The number of hydrogen-bond acceptors (Lipinski definition) is 9. The fourth-order valence-electron chi connectivity index (χ4n) is 5.08. The monoisotopic (exact) mass is 620 g/mol. The Morgan fingerprint density at radius 3 is 1.51 bits per heavy atom. The molecule has 2 heterocycles. The molecule has 0 aromatic carbocycles. The molecule has 41 heavy (non-hydrogen) atoms. The summed E-state index contributed by atoms with van der Waals surface area (Å²) < 4.78 is 10.8. The van der Waals surface area contributed by atoms with Gasteiger partial charge in [-0.15, -0.1) is 22.7 Å². The van der Waals surface area contributed by atoms with Gasteiger partial charge in [-0.25, -0.2) is 9.59 Å². The van der Waals surface area contributed by atoms with E-state index in [0.29, 0.717) is 45.8 Å². The molecule has 0 radical (unpaired) electrons. The molecule has 0 bridgehead atoms. The molecule has 0 unspecified atom stereocenters. The van der Waals surface area contributed by atoms with Gasteiger partial charge in [0.05, 0.1) is 24.3 Å². The van der Waals surface area contributed by atoms with Gasteiger partial charge in [-0.3, -0.25) is 9.59 Å². The second kappa shape index (κ2) is 15.7. The van der Waals surface area contributed by atoms with Crippen LogP contribution in [0.1, 0.15) is 107 Å². The maximum Gasteiger partial charge on any atom is 0.341 e. The van der Waals surface area contributed by atoms with E-state index in [4.69, 9.17) is 9.47 Å². The molecule has 0 atom stereocenters. The summed E-state index contributed by atoms with van der Waals surface area (Å²) in [5.41, 5.74) is 3.13. The van der Waals surface area contributed by atoms with Crippen molar-refractivity contribution in [1.29, 1.82) is 0 Å². The normalized spacial score (nSPS) is 14.1. The second-order valence-corrected chi connectivity index (χ2v) is 13.7. The largest absolute Gasteiger partial charge is 0.462 e. The lowest BCUT2D eigenvalue weighted by atomic mass is 9.95. The Bertz CT molecular complexity index is 1160. The first-order valence-electron chi connectivity index (χ1n) is 14.7. The SMILES string of the molecule is CCCOC(=O)c1c(NC(=O)CCSCCC(=O)Nc2sc3c(c2C(=O)OCCC)CCCC3)sc2c1CCCC2. The Morgan fingerprint density at radius 2 is 1.10 bits per heavy atom. The van der Waals surface area contributed by atoms with E-state index >= 15 is 0 Å². The van der Waals surface area contributed by atoms with Gasteiger partial charge >= 0.3 is 11.9 Å². The first kappa shape index (κ1) is 31.6. The van der Waals surface area contributed by atoms with Gasteiger partial charge in [-0.05, 0) is 75.3 Å². The highest BCUT2D eigenvalue weighted by molar-refractivity contribution is 7.99. The van der Waals surface area contributed by atoms with Crippen molar-refractivity contribution in [2.45, 2.75) is 90.9 Å². The Labute approximate surface area is 254 Å². The van der Waals surface area contributed by atoms with Crippen molar-refractivity contribution in [3.05, 3.63) is 32.0 Å². The van der Waals surface area contributed by atoms with E-state index in [1.165, 1.54) is 44.2 Å². The molecule has 0 fully saturated rings. The third-order valence-corrected chi connectivity index (χ3v) is 10.5. The Hall–Kier alpha value is -2.37. The summed E-state index contributed by atoms with van der Waals surface area (Å²) in [6, 6.07) is 0. The number of carbonyl (C=O) groups is 4. The zero-order valence-electron chi connectivity index (χ0n) is 24.0. The smallest absolute Gasteiger partial charge is 0.341 e. The van der Waals surface area contributed by atoms with Gasteiger partial charge in [0, 0.05) is 34.1 Å². The quantitative estimate of drug-likeness (QED) is 0.177. The van der Waals surface area contributed by atoms with Crippen LogP contribution in [0.4, 0.5) is 10.0 Å². The van der Waals surface area contributed by atoms with Gasteiger partial charge in [0.2, 0.25) is 11.8 Å². The average Bonchev–Trinajstić information content (AvgIpc) is 3.51. The molecule has 2 aliphatic rings. The van der Waals surface area contributed by atoms with E-state index in [1.807, 2.05) is 13.8 Å². The Balaban J connectivity index is 1.25. The third kappa shape index (κ3) is 8.35. The average molecular weight is 621 g/mol. The van der Waals surface area contributed by atoms with Crippen LogP contribution in [0.2, 0.25) is 0 Å². The van der Waals surface area contributed by atoms with E-state index in [-0.39, 0.29) is 36.6 Å². The number of carbonyl (C=O) groups excluding carboxylic acids is 4. The summed E-state index contributed by atoms with van der Waals surface area (Å²) in [7, 11) is 0. The van der Waals surface area contributed by atoms with Crippen LogP contribution in [0.15, 0.2) is 0 Å². The zero-order valence-corrected chi connectivity index (χ0v) is 26.4. The van der Waals surface area contributed by atoms with Crippen LogP contribution in [-0.4, -0.2) is 48.5 Å². The topological polar surface area (TPSA) is 111 Å². The fraction of sp³-hybridized carbons (Fsp3) is 0.600. The molecule has 2 amide bonds. The summed E-state index contributed by atoms with van der Waals surface area (Å²) in [5.74, 6) is 0.114. The Morgan fingerprint density at radius 1 is 0.683 bits per heavy atom. The predicted molar refractivity (Wildman–Crippen MR) is 167 cm³/mol. The summed E-state index contributed by atoms with van der Waals surface area (Å²) in [6.07, 6.45) is 9.84. The molecule has 4 rings (SSSR count). The molecule has 224 valence electrons. The number of nitrogens with one attached hydrogen (secondary N) is 2. The minimum atomic E-state index is -0.352. The third-order valence-electron chi connectivity index (χ3n) is 7.08. The molecule has 11 heteroatoms. The number of thiophene rings is 2. The first-order chi connectivity index (χ1) is 19.9. The number of esters is 2. The van der Waals surface area contributed by atoms with Crippen molar-refractivity contribution in [2.75, 3.05) is 35.4 Å². The number of aryl methyl sites for hydroxylation is 2. The minimum Gasteiger partial charge on any atom is -0.462 e. The maximum atomic E-state index is 12.8. The number of fused-ring (bicyclic) bond motifs is 2. The van der Waals surface area contributed by atoms with Crippen molar-refractivity contribution in [3.63, 3.8) is 0 Å². The predicted octanol–water partition coefficient (Wildman–Crippen LogP) is 6.79. The highest BCUT2D eigenvalue weighted by Gasteiger charge is 2.28. The van der Waals surface area contributed by atoms with Crippen LogP contribution in [0.3, 0.4) is 0 Å². The fourth-order valence-corrected chi connectivity index (χ4v) is 8.53. The molecule has 0 spiro atoms. The summed E-state index contributed by atoms with van der Waals surface area (Å²) in [6.45, 7) is 4.63. The number of amides is 2. The number of rotatable bonds is 14. The molecule has 8 nitrogen and oxygen atoms in total. The lowest BCUT2D eigenvalue weighted by Crippen LogP contribution is -2.17. The lowest BCUT2D eigenvalue weighted by Gasteiger charge is -2.12. The van der Waals surface area contributed by atoms with Crippen LogP contribution in [-0.2, 0) is 44.7 Å². The molecule has 0 saturated heterocycles. The van der Waals surface area contributed by atoms with Gasteiger partial charge in [-0.2, -0.15) is 11.8 Å². The molecule has 2 aromatic heterocycles.